The van der Waals surface area contributed by atoms with Gasteiger partial charge in [0.2, 0.25) is 0 Å². The lowest BCUT2D eigenvalue weighted by molar-refractivity contribution is 0.0126. The predicted molar refractivity (Wildman–Crippen MR) is 62.1 cm³/mol. The minimum atomic E-state index is -3.00. The van der Waals surface area contributed by atoms with Gasteiger partial charge in [-0.2, -0.15) is 5.10 Å². The Balaban J connectivity index is 1.98. The van der Waals surface area contributed by atoms with Gasteiger partial charge in [0, 0.05) is 13.2 Å². The SMILES string of the molecule is Cn1ccc(C2(O)CC3CCC(C2)S3(=O)=O)n1. The average Bonchev–Trinajstić information content (AvgIpc) is 2.70. The lowest BCUT2D eigenvalue weighted by Gasteiger charge is -2.34. The van der Waals surface area contributed by atoms with E-state index in [1.54, 1.807) is 24.0 Å². The van der Waals surface area contributed by atoms with Crippen molar-refractivity contribution < 1.29 is 13.5 Å². The fourth-order valence-electron chi connectivity index (χ4n) is 3.12. The van der Waals surface area contributed by atoms with Gasteiger partial charge in [-0.15, -0.1) is 0 Å². The van der Waals surface area contributed by atoms with E-state index in [0.29, 0.717) is 31.4 Å². The molecule has 0 aromatic carbocycles. The highest BCUT2D eigenvalue weighted by Gasteiger charge is 2.53. The molecule has 2 aliphatic heterocycles. The second kappa shape index (κ2) is 3.32. The standard InChI is InChI=1S/C11H16N2O3S/c1-13-5-4-10(12-13)11(14)6-8-2-3-9(7-11)17(8,15)16/h4-5,8-9,14H,2-3,6-7H2,1H3. The number of hydrogen-bond donors (Lipinski definition) is 1. The van der Waals surface area contributed by atoms with Gasteiger partial charge in [0.05, 0.1) is 16.2 Å². The number of hydrogen-bond acceptors (Lipinski definition) is 4. The number of nitrogens with zero attached hydrogens (tertiary/aromatic N) is 2. The number of fused-ring (bicyclic) bond motifs is 2. The molecule has 2 aliphatic rings. The Morgan fingerprint density at radius 1 is 1.41 bits per heavy atom. The number of aliphatic hydroxyl groups is 1. The van der Waals surface area contributed by atoms with Crippen LogP contribution in [0.3, 0.4) is 0 Å². The first-order chi connectivity index (χ1) is 7.92. The summed E-state index contributed by atoms with van der Waals surface area (Å²) in [7, 11) is -1.20. The van der Waals surface area contributed by atoms with Gasteiger partial charge >= 0.3 is 0 Å². The molecule has 2 fully saturated rings. The van der Waals surface area contributed by atoms with Crippen LogP contribution < -0.4 is 0 Å². The van der Waals surface area contributed by atoms with Crippen molar-refractivity contribution in [2.75, 3.05) is 0 Å². The van der Waals surface area contributed by atoms with E-state index < -0.39 is 15.4 Å². The van der Waals surface area contributed by atoms with Crippen LogP contribution in [0, 0.1) is 0 Å². The van der Waals surface area contributed by atoms with Crippen LogP contribution in [-0.2, 0) is 22.5 Å². The van der Waals surface area contributed by atoms with E-state index in [9.17, 15) is 13.5 Å². The minimum Gasteiger partial charge on any atom is -0.383 e. The lowest BCUT2D eigenvalue weighted by Crippen LogP contribution is -2.43. The Morgan fingerprint density at radius 2 is 2.00 bits per heavy atom. The summed E-state index contributed by atoms with van der Waals surface area (Å²) in [6.07, 6.45) is 3.73. The van der Waals surface area contributed by atoms with Crippen molar-refractivity contribution in [3.05, 3.63) is 18.0 Å². The van der Waals surface area contributed by atoms with Gasteiger partial charge in [-0.1, -0.05) is 0 Å². The van der Waals surface area contributed by atoms with Crippen molar-refractivity contribution in [2.45, 2.75) is 41.8 Å². The summed E-state index contributed by atoms with van der Waals surface area (Å²) in [4.78, 5) is 0. The quantitative estimate of drug-likeness (QED) is 0.787. The van der Waals surface area contributed by atoms with E-state index in [4.69, 9.17) is 0 Å². The molecular formula is C11H16N2O3S. The number of aromatic nitrogens is 2. The van der Waals surface area contributed by atoms with Crippen molar-refractivity contribution in [2.24, 2.45) is 7.05 Å². The highest BCUT2D eigenvalue weighted by Crippen LogP contribution is 2.46. The third-order valence-electron chi connectivity index (χ3n) is 4.06. The summed E-state index contributed by atoms with van der Waals surface area (Å²) in [5.74, 6) is 0. The van der Waals surface area contributed by atoms with Crippen LogP contribution in [-0.4, -0.2) is 33.8 Å². The van der Waals surface area contributed by atoms with Crippen LogP contribution in [0.25, 0.3) is 0 Å². The summed E-state index contributed by atoms with van der Waals surface area (Å²) in [6, 6.07) is 1.78. The molecule has 0 amide bonds. The molecule has 5 nitrogen and oxygen atoms in total. The molecule has 1 aromatic heterocycles. The van der Waals surface area contributed by atoms with Crippen molar-refractivity contribution in [3.8, 4) is 0 Å². The van der Waals surface area contributed by atoms with E-state index in [1.165, 1.54) is 0 Å². The Labute approximate surface area is 100 Å². The Bertz CT molecular complexity index is 529. The summed E-state index contributed by atoms with van der Waals surface area (Å²) in [6.45, 7) is 0. The highest BCUT2D eigenvalue weighted by molar-refractivity contribution is 7.93. The van der Waals surface area contributed by atoms with E-state index in [2.05, 4.69) is 5.10 Å². The van der Waals surface area contributed by atoms with Crippen LogP contribution in [0.1, 0.15) is 31.4 Å². The maximum Gasteiger partial charge on any atom is 0.156 e. The molecule has 2 unspecified atom stereocenters. The van der Waals surface area contributed by atoms with Crippen LogP contribution >= 0.6 is 0 Å². The lowest BCUT2D eigenvalue weighted by atomic mass is 9.90. The first-order valence-electron chi connectivity index (χ1n) is 5.87. The summed E-state index contributed by atoms with van der Waals surface area (Å²) in [5.41, 5.74) is -0.454. The second-order valence-electron chi connectivity index (χ2n) is 5.22. The predicted octanol–water partition coefficient (Wildman–Crippen LogP) is 0.347. The molecule has 0 spiro atoms. The van der Waals surface area contributed by atoms with E-state index >= 15 is 0 Å². The molecule has 6 heteroatoms. The molecule has 2 saturated heterocycles. The summed E-state index contributed by atoms with van der Waals surface area (Å²) in [5, 5.41) is 14.1. The first-order valence-corrected chi connectivity index (χ1v) is 7.48. The van der Waals surface area contributed by atoms with Gasteiger partial charge in [-0.25, -0.2) is 8.42 Å². The van der Waals surface area contributed by atoms with Crippen LogP contribution in [0.15, 0.2) is 12.3 Å². The van der Waals surface area contributed by atoms with Gasteiger partial charge < -0.3 is 5.11 Å². The topological polar surface area (TPSA) is 72.2 Å². The minimum absolute atomic E-state index is 0.294. The molecule has 3 rings (SSSR count). The molecule has 17 heavy (non-hydrogen) atoms. The normalized spacial score (nSPS) is 39.4. The number of sulfone groups is 1. The monoisotopic (exact) mass is 256 g/mol. The molecule has 2 atom stereocenters. The summed E-state index contributed by atoms with van der Waals surface area (Å²) < 4.78 is 25.6. The van der Waals surface area contributed by atoms with E-state index in [0.717, 1.165) is 0 Å². The third-order valence-corrected chi connectivity index (χ3v) is 6.72. The molecule has 0 saturated carbocycles. The second-order valence-corrected chi connectivity index (χ2v) is 7.74. The van der Waals surface area contributed by atoms with Gasteiger partial charge in [-0.05, 0) is 31.7 Å². The zero-order valence-electron chi connectivity index (χ0n) is 9.70. The van der Waals surface area contributed by atoms with Crippen LogP contribution in [0.5, 0.6) is 0 Å². The van der Waals surface area contributed by atoms with E-state index in [1.807, 2.05) is 0 Å². The fourth-order valence-corrected chi connectivity index (χ4v) is 5.61. The molecule has 1 aromatic rings. The van der Waals surface area contributed by atoms with Crippen molar-refractivity contribution in [1.29, 1.82) is 0 Å². The zero-order chi connectivity index (χ0) is 12.3. The Kier molecular flexibility index (Phi) is 2.19. The molecule has 3 heterocycles. The maximum absolute atomic E-state index is 12.0. The van der Waals surface area contributed by atoms with Crippen molar-refractivity contribution >= 4 is 9.84 Å². The van der Waals surface area contributed by atoms with Crippen molar-refractivity contribution in [1.82, 2.24) is 9.78 Å². The molecule has 2 bridgehead atoms. The van der Waals surface area contributed by atoms with Gasteiger partial charge in [0.25, 0.3) is 0 Å². The zero-order valence-corrected chi connectivity index (χ0v) is 10.5. The molecule has 0 radical (unpaired) electrons. The first kappa shape index (κ1) is 11.2. The molecular weight excluding hydrogens is 240 g/mol. The van der Waals surface area contributed by atoms with Gasteiger partial charge in [-0.3, -0.25) is 4.68 Å². The summed E-state index contributed by atoms with van der Waals surface area (Å²) >= 11 is 0. The number of aryl methyl sites for hydroxylation is 1. The fraction of sp³-hybridized carbons (Fsp3) is 0.727. The Morgan fingerprint density at radius 3 is 2.47 bits per heavy atom. The van der Waals surface area contributed by atoms with Crippen LogP contribution in [0.2, 0.25) is 0 Å². The molecule has 94 valence electrons. The molecule has 0 aliphatic carbocycles. The highest BCUT2D eigenvalue weighted by atomic mass is 32.2. The number of rotatable bonds is 1. The largest absolute Gasteiger partial charge is 0.383 e. The van der Waals surface area contributed by atoms with Crippen molar-refractivity contribution in [3.63, 3.8) is 0 Å². The maximum atomic E-state index is 12.0. The average molecular weight is 256 g/mol. The van der Waals surface area contributed by atoms with Crippen LogP contribution in [0.4, 0.5) is 0 Å². The Hall–Kier alpha value is -0.880. The smallest absolute Gasteiger partial charge is 0.156 e. The molecule has 1 N–H and O–H groups in total. The third kappa shape index (κ3) is 1.54. The van der Waals surface area contributed by atoms with Gasteiger partial charge in [0.1, 0.15) is 5.60 Å². The van der Waals surface area contributed by atoms with E-state index in [-0.39, 0.29) is 10.5 Å². The van der Waals surface area contributed by atoms with Gasteiger partial charge in [0.15, 0.2) is 9.84 Å².